The molecule has 122 valence electrons. The lowest BCUT2D eigenvalue weighted by molar-refractivity contribution is 0.638. The van der Waals surface area contributed by atoms with Crippen LogP contribution in [0.25, 0.3) is 16.2 Å². The number of imidazole rings is 1. The van der Waals surface area contributed by atoms with Gasteiger partial charge in [0.2, 0.25) is 0 Å². The van der Waals surface area contributed by atoms with Crippen LogP contribution in [0.15, 0.2) is 12.1 Å². The Hall–Kier alpha value is -0.660. The molecule has 0 unspecified atom stereocenters. The third kappa shape index (κ3) is 3.03. The van der Waals surface area contributed by atoms with Gasteiger partial charge in [-0.15, -0.1) is 11.3 Å². The normalized spacial score (nSPS) is 11.8. The number of hydrogen-bond donors (Lipinski definition) is 0. The lowest BCUT2D eigenvalue weighted by atomic mass is 9.95. The molecule has 0 saturated carbocycles. The number of thiophene rings is 1. The van der Waals surface area contributed by atoms with Crippen molar-refractivity contribution in [2.24, 2.45) is 0 Å². The average Bonchev–Trinajstić information content (AvgIpc) is 2.98. The monoisotopic (exact) mass is 459 g/mol. The fourth-order valence-corrected chi connectivity index (χ4v) is 5.46. The number of nitrogens with zero attached hydrogens (tertiary/aromatic N) is 3. The third-order valence-corrected chi connectivity index (χ3v) is 6.52. The predicted octanol–water partition coefficient (Wildman–Crippen LogP) is 6.24. The minimum atomic E-state index is 0.507. The molecule has 0 bridgehead atoms. The van der Waals surface area contributed by atoms with Crippen molar-refractivity contribution in [2.45, 2.75) is 46.5 Å². The first-order chi connectivity index (χ1) is 11.0. The lowest BCUT2D eigenvalue weighted by Crippen LogP contribution is -2.04. The van der Waals surface area contributed by atoms with Crippen molar-refractivity contribution in [3.8, 4) is 10.6 Å². The van der Waals surface area contributed by atoms with Gasteiger partial charge in [0.15, 0.2) is 5.65 Å². The van der Waals surface area contributed by atoms with E-state index in [0.29, 0.717) is 5.92 Å². The number of hydrogen-bond acceptors (Lipinski definition) is 3. The highest BCUT2D eigenvalue weighted by Crippen LogP contribution is 2.39. The predicted molar refractivity (Wildman–Crippen MR) is 107 cm³/mol. The van der Waals surface area contributed by atoms with E-state index < -0.39 is 0 Å². The van der Waals surface area contributed by atoms with E-state index in [0.717, 1.165) is 45.5 Å². The van der Waals surface area contributed by atoms with Crippen LogP contribution in [0.2, 0.25) is 5.02 Å². The highest BCUT2D eigenvalue weighted by Gasteiger charge is 2.22. The molecule has 0 N–H and O–H groups in total. The summed E-state index contributed by atoms with van der Waals surface area (Å²) in [6, 6.07) is 4.18. The average molecular weight is 460 g/mol. The maximum absolute atomic E-state index is 6.44. The van der Waals surface area contributed by atoms with Gasteiger partial charge in [-0.2, -0.15) is 5.10 Å². The summed E-state index contributed by atoms with van der Waals surface area (Å²) in [5, 5.41) is 5.51. The minimum Gasteiger partial charge on any atom is -0.231 e. The van der Waals surface area contributed by atoms with Crippen LogP contribution in [0.1, 0.15) is 49.6 Å². The molecule has 6 heteroatoms. The fourth-order valence-electron chi connectivity index (χ4n) is 3.07. The van der Waals surface area contributed by atoms with E-state index in [1.54, 1.807) is 11.3 Å². The molecule has 0 aliphatic rings. The first-order valence-corrected chi connectivity index (χ1v) is 10.1. The summed E-state index contributed by atoms with van der Waals surface area (Å²) in [6.45, 7) is 8.55. The molecule has 0 atom stereocenters. The van der Waals surface area contributed by atoms with Gasteiger partial charge in [-0.05, 0) is 67.3 Å². The van der Waals surface area contributed by atoms with Crippen molar-refractivity contribution in [1.82, 2.24) is 14.6 Å². The molecule has 0 spiro atoms. The summed E-state index contributed by atoms with van der Waals surface area (Å²) in [6.07, 6.45) is 2.21. The summed E-state index contributed by atoms with van der Waals surface area (Å²) in [4.78, 5) is 5.89. The number of fused-ring (bicyclic) bond motifs is 1. The van der Waals surface area contributed by atoms with Gasteiger partial charge in [-0.3, -0.25) is 0 Å². The van der Waals surface area contributed by atoms with Gasteiger partial charge >= 0.3 is 0 Å². The van der Waals surface area contributed by atoms with Gasteiger partial charge in [0, 0.05) is 5.56 Å². The van der Waals surface area contributed by atoms with E-state index in [9.17, 15) is 0 Å². The van der Waals surface area contributed by atoms with E-state index in [1.807, 2.05) is 24.4 Å². The highest BCUT2D eigenvalue weighted by molar-refractivity contribution is 14.1. The first-order valence-electron chi connectivity index (χ1n) is 7.78. The summed E-state index contributed by atoms with van der Waals surface area (Å²) in [5.41, 5.74) is 5.28. The van der Waals surface area contributed by atoms with E-state index in [4.69, 9.17) is 21.7 Å². The van der Waals surface area contributed by atoms with Crippen molar-refractivity contribution >= 4 is 51.2 Å². The van der Waals surface area contributed by atoms with Gasteiger partial charge in [0.25, 0.3) is 0 Å². The zero-order valence-corrected chi connectivity index (χ0v) is 17.4. The maximum Gasteiger partial charge on any atom is 0.158 e. The lowest BCUT2D eigenvalue weighted by Gasteiger charge is -2.14. The van der Waals surface area contributed by atoms with Crippen molar-refractivity contribution in [1.29, 1.82) is 0 Å². The van der Waals surface area contributed by atoms with Gasteiger partial charge in [-0.1, -0.05) is 25.4 Å². The minimum absolute atomic E-state index is 0.507. The van der Waals surface area contributed by atoms with Crippen LogP contribution in [0.4, 0.5) is 0 Å². The molecule has 3 aromatic rings. The molecule has 3 nitrogen and oxygen atoms in total. The van der Waals surface area contributed by atoms with Gasteiger partial charge in [0.05, 0.1) is 24.2 Å². The Morgan fingerprint density at radius 1 is 1.26 bits per heavy atom. The molecule has 23 heavy (non-hydrogen) atoms. The molecular formula is C17H19ClIN3S. The summed E-state index contributed by atoms with van der Waals surface area (Å²) < 4.78 is 3.16. The van der Waals surface area contributed by atoms with Crippen molar-refractivity contribution in [2.75, 3.05) is 0 Å². The van der Waals surface area contributed by atoms with Crippen LogP contribution >= 0.6 is 45.5 Å². The Bertz CT molecular complexity index is 864. The van der Waals surface area contributed by atoms with Gasteiger partial charge < -0.3 is 0 Å². The number of aromatic nitrogens is 3. The molecule has 0 saturated heterocycles. The number of halogens is 2. The van der Waals surface area contributed by atoms with E-state index in [1.165, 1.54) is 8.45 Å². The second-order valence-corrected chi connectivity index (χ2v) is 9.12. The van der Waals surface area contributed by atoms with E-state index in [2.05, 4.69) is 42.5 Å². The van der Waals surface area contributed by atoms with E-state index in [-0.39, 0.29) is 0 Å². The second kappa shape index (κ2) is 6.69. The summed E-state index contributed by atoms with van der Waals surface area (Å²) in [5.74, 6) is 0.507. The number of rotatable bonds is 4. The van der Waals surface area contributed by atoms with E-state index >= 15 is 0 Å². The number of aryl methyl sites for hydroxylation is 2. The second-order valence-electron chi connectivity index (χ2n) is 5.76. The molecule has 0 radical (unpaired) electrons. The quantitative estimate of drug-likeness (QED) is 0.433. The zero-order chi connectivity index (χ0) is 16.7. The first kappa shape index (κ1) is 17.2. The van der Waals surface area contributed by atoms with Crippen LogP contribution in [-0.2, 0) is 0 Å². The topological polar surface area (TPSA) is 30.2 Å². The van der Waals surface area contributed by atoms with Crippen molar-refractivity contribution < 1.29 is 0 Å². The van der Waals surface area contributed by atoms with Crippen LogP contribution in [0.5, 0.6) is 0 Å². The smallest absolute Gasteiger partial charge is 0.158 e. The molecule has 0 aromatic carbocycles. The largest absolute Gasteiger partial charge is 0.231 e. The Labute approximate surface area is 159 Å². The standard InChI is InChI=1S/C17H19ClIN3S/c1-5-11(6-2)12-7-9(3)21-22-15(10(4)20-17(12)22)16-13(18)8-14(19)23-16/h7-8,11H,5-6H2,1-4H3. The Morgan fingerprint density at radius 2 is 1.96 bits per heavy atom. The molecule has 0 fully saturated rings. The summed E-state index contributed by atoms with van der Waals surface area (Å²) in [7, 11) is 0. The highest BCUT2D eigenvalue weighted by atomic mass is 127. The Kier molecular flexibility index (Phi) is 4.99. The van der Waals surface area contributed by atoms with Crippen molar-refractivity contribution in [3.63, 3.8) is 0 Å². The van der Waals surface area contributed by atoms with Crippen LogP contribution in [-0.4, -0.2) is 14.6 Å². The third-order valence-electron chi connectivity index (χ3n) is 4.21. The Morgan fingerprint density at radius 3 is 2.52 bits per heavy atom. The SMILES string of the molecule is CCC(CC)c1cc(C)nn2c(-c3sc(I)cc3Cl)c(C)nc12. The maximum atomic E-state index is 6.44. The molecule has 0 aliphatic carbocycles. The summed E-state index contributed by atoms with van der Waals surface area (Å²) >= 11 is 10.4. The molecule has 0 aliphatic heterocycles. The molecule has 3 rings (SSSR count). The molecular weight excluding hydrogens is 441 g/mol. The van der Waals surface area contributed by atoms with Crippen LogP contribution < -0.4 is 0 Å². The van der Waals surface area contributed by atoms with Crippen LogP contribution in [0.3, 0.4) is 0 Å². The molecule has 3 aromatic heterocycles. The zero-order valence-electron chi connectivity index (χ0n) is 13.7. The molecule has 3 heterocycles. The molecule has 0 amide bonds. The Balaban J connectivity index is 2.33. The van der Waals surface area contributed by atoms with Crippen molar-refractivity contribution in [3.05, 3.63) is 37.0 Å². The van der Waals surface area contributed by atoms with Gasteiger partial charge in [-0.25, -0.2) is 9.50 Å². The fraction of sp³-hybridized carbons (Fsp3) is 0.412. The van der Waals surface area contributed by atoms with Crippen LogP contribution in [0, 0.1) is 16.7 Å². The van der Waals surface area contributed by atoms with Gasteiger partial charge in [0.1, 0.15) is 5.69 Å².